The number of allylic oxidation sites excluding steroid dienone is 2. The SMILES string of the molecule is C=C(C)c1cccc(C(C)C)c1.C=CC12CC3CC(C1)CC(CC)(C3)C2. The average molecular weight is 351 g/mol. The van der Waals surface area contributed by atoms with Gasteiger partial charge >= 0.3 is 0 Å². The van der Waals surface area contributed by atoms with Crippen LogP contribution in [0.1, 0.15) is 89.7 Å². The van der Waals surface area contributed by atoms with Crippen LogP contribution in [0.25, 0.3) is 5.57 Å². The second-order valence-corrected chi connectivity index (χ2v) is 9.94. The molecule has 4 fully saturated rings. The fourth-order valence-electron chi connectivity index (χ4n) is 6.34. The lowest BCUT2D eigenvalue weighted by atomic mass is 9.44. The molecule has 0 spiro atoms. The number of rotatable bonds is 4. The lowest BCUT2D eigenvalue weighted by Crippen LogP contribution is -2.50. The normalized spacial score (nSPS) is 34.3. The van der Waals surface area contributed by atoms with Crippen LogP contribution in [0.3, 0.4) is 0 Å². The van der Waals surface area contributed by atoms with E-state index in [4.69, 9.17) is 0 Å². The molecule has 4 bridgehead atoms. The van der Waals surface area contributed by atoms with E-state index in [1.165, 1.54) is 56.1 Å². The van der Waals surface area contributed by atoms with Crippen molar-refractivity contribution in [2.24, 2.45) is 22.7 Å². The summed E-state index contributed by atoms with van der Waals surface area (Å²) in [7, 11) is 0. The van der Waals surface area contributed by atoms with Gasteiger partial charge in [0, 0.05) is 0 Å². The van der Waals surface area contributed by atoms with Crippen LogP contribution in [0.15, 0.2) is 43.5 Å². The quantitative estimate of drug-likeness (QED) is 0.482. The van der Waals surface area contributed by atoms with E-state index >= 15 is 0 Å². The summed E-state index contributed by atoms with van der Waals surface area (Å²) in [6, 6.07) is 8.58. The Hall–Kier alpha value is -1.30. The van der Waals surface area contributed by atoms with Crippen LogP contribution < -0.4 is 0 Å². The van der Waals surface area contributed by atoms with Crippen LogP contribution in [0, 0.1) is 22.7 Å². The summed E-state index contributed by atoms with van der Waals surface area (Å²) in [5.41, 5.74) is 5.08. The predicted octanol–water partition coefficient (Wildman–Crippen LogP) is 8.01. The van der Waals surface area contributed by atoms with Gasteiger partial charge in [-0.2, -0.15) is 0 Å². The second kappa shape index (κ2) is 7.37. The zero-order chi connectivity index (χ0) is 18.9. The second-order valence-electron chi connectivity index (χ2n) is 9.94. The Kier molecular flexibility index (Phi) is 5.52. The lowest BCUT2D eigenvalue weighted by Gasteiger charge is -2.61. The third kappa shape index (κ3) is 3.85. The van der Waals surface area contributed by atoms with Crippen LogP contribution in [0.2, 0.25) is 0 Å². The Morgan fingerprint density at radius 3 is 2.35 bits per heavy atom. The van der Waals surface area contributed by atoms with Gasteiger partial charge in [0.2, 0.25) is 0 Å². The molecule has 4 aliphatic rings. The molecular weight excluding hydrogens is 312 g/mol. The molecule has 2 atom stereocenters. The van der Waals surface area contributed by atoms with E-state index in [2.05, 4.69) is 64.3 Å². The summed E-state index contributed by atoms with van der Waals surface area (Å²) in [5.74, 6) is 2.70. The molecule has 0 saturated heterocycles. The largest absolute Gasteiger partial charge is 0.103 e. The molecule has 5 rings (SSSR count). The topological polar surface area (TPSA) is 0 Å². The van der Waals surface area contributed by atoms with Gasteiger partial charge in [-0.25, -0.2) is 0 Å². The van der Waals surface area contributed by atoms with Gasteiger partial charge in [-0.05, 0) is 85.2 Å². The Morgan fingerprint density at radius 1 is 1.19 bits per heavy atom. The van der Waals surface area contributed by atoms with Gasteiger partial charge in [0.05, 0.1) is 0 Å². The summed E-state index contributed by atoms with van der Waals surface area (Å²) in [5, 5.41) is 0. The molecule has 0 heteroatoms. The Bertz CT molecular complexity index is 648. The Labute approximate surface area is 161 Å². The van der Waals surface area contributed by atoms with Crippen molar-refractivity contribution in [2.45, 2.75) is 78.6 Å². The average Bonchev–Trinajstić information content (AvgIpc) is 2.61. The molecule has 142 valence electrons. The molecule has 0 nitrogen and oxygen atoms in total. The molecule has 4 aliphatic carbocycles. The first-order chi connectivity index (χ1) is 12.3. The van der Waals surface area contributed by atoms with Gasteiger partial charge in [-0.15, -0.1) is 6.58 Å². The van der Waals surface area contributed by atoms with Crippen LogP contribution in [-0.4, -0.2) is 0 Å². The third-order valence-corrected chi connectivity index (χ3v) is 7.46. The zero-order valence-corrected chi connectivity index (χ0v) is 17.5. The van der Waals surface area contributed by atoms with Crippen LogP contribution in [0.5, 0.6) is 0 Å². The van der Waals surface area contributed by atoms with E-state index in [1.54, 1.807) is 0 Å². The molecule has 1 aromatic rings. The molecule has 26 heavy (non-hydrogen) atoms. The number of benzene rings is 1. The minimum Gasteiger partial charge on any atom is -0.103 e. The molecular formula is C26H38. The van der Waals surface area contributed by atoms with Crippen molar-refractivity contribution in [3.63, 3.8) is 0 Å². The van der Waals surface area contributed by atoms with Crippen LogP contribution >= 0.6 is 0 Å². The minimum atomic E-state index is 0.570. The van der Waals surface area contributed by atoms with Crippen molar-refractivity contribution in [2.75, 3.05) is 0 Å². The fourth-order valence-corrected chi connectivity index (χ4v) is 6.34. The van der Waals surface area contributed by atoms with Gasteiger partial charge in [0.15, 0.2) is 0 Å². The monoisotopic (exact) mass is 350 g/mol. The van der Waals surface area contributed by atoms with E-state index in [-0.39, 0.29) is 0 Å². The molecule has 0 radical (unpaired) electrons. The summed E-state index contributed by atoms with van der Waals surface area (Å²) in [6.45, 7) is 16.9. The van der Waals surface area contributed by atoms with Crippen molar-refractivity contribution in [3.05, 3.63) is 54.6 Å². The van der Waals surface area contributed by atoms with E-state index in [1.807, 2.05) is 6.92 Å². The molecule has 2 unspecified atom stereocenters. The third-order valence-electron chi connectivity index (χ3n) is 7.46. The van der Waals surface area contributed by atoms with E-state index in [0.29, 0.717) is 11.3 Å². The van der Waals surface area contributed by atoms with Gasteiger partial charge in [0.25, 0.3) is 0 Å². The highest BCUT2D eigenvalue weighted by Crippen LogP contribution is 2.66. The maximum Gasteiger partial charge on any atom is -0.0110 e. The molecule has 0 N–H and O–H groups in total. The van der Waals surface area contributed by atoms with Gasteiger partial charge < -0.3 is 0 Å². The van der Waals surface area contributed by atoms with E-state index in [9.17, 15) is 0 Å². The maximum absolute atomic E-state index is 4.12. The predicted molar refractivity (Wildman–Crippen MR) is 115 cm³/mol. The first-order valence-electron chi connectivity index (χ1n) is 10.7. The van der Waals surface area contributed by atoms with Crippen molar-refractivity contribution in [1.29, 1.82) is 0 Å². The molecule has 0 amide bonds. The first kappa shape index (κ1) is 19.5. The van der Waals surface area contributed by atoms with Crippen molar-refractivity contribution < 1.29 is 0 Å². The highest BCUT2D eigenvalue weighted by atomic mass is 14.6. The highest BCUT2D eigenvalue weighted by molar-refractivity contribution is 5.61. The van der Waals surface area contributed by atoms with Crippen LogP contribution in [-0.2, 0) is 0 Å². The number of hydrogen-bond donors (Lipinski definition) is 0. The van der Waals surface area contributed by atoms with Crippen LogP contribution in [0.4, 0.5) is 0 Å². The molecule has 0 aromatic heterocycles. The summed E-state index contributed by atoms with van der Waals surface area (Å²) < 4.78 is 0. The van der Waals surface area contributed by atoms with Gasteiger partial charge in [0.1, 0.15) is 0 Å². The maximum atomic E-state index is 4.12. The Morgan fingerprint density at radius 2 is 1.85 bits per heavy atom. The van der Waals surface area contributed by atoms with Crippen molar-refractivity contribution in [3.8, 4) is 0 Å². The minimum absolute atomic E-state index is 0.570. The molecule has 1 aromatic carbocycles. The summed E-state index contributed by atoms with van der Waals surface area (Å²) >= 11 is 0. The smallest absolute Gasteiger partial charge is 0.0110 e. The van der Waals surface area contributed by atoms with Crippen molar-refractivity contribution in [1.82, 2.24) is 0 Å². The standard InChI is InChI=1S/C14H22.C12H16/c1-3-13-6-11-5-12(7-13)9-14(4-2,8-11)10-13;1-9(2)11-6-5-7-12(8-11)10(3)4/h3,11-12H,1,4-10H2,2H3;5-8,10H,1H2,2-4H3. The molecule has 4 saturated carbocycles. The van der Waals surface area contributed by atoms with Crippen molar-refractivity contribution >= 4 is 5.57 Å². The lowest BCUT2D eigenvalue weighted by molar-refractivity contribution is -0.0889. The zero-order valence-electron chi connectivity index (χ0n) is 17.5. The summed E-state index contributed by atoms with van der Waals surface area (Å²) in [6.07, 6.45) is 12.7. The fraction of sp³-hybridized carbons (Fsp3) is 0.615. The van der Waals surface area contributed by atoms with E-state index in [0.717, 1.165) is 22.8 Å². The van der Waals surface area contributed by atoms with Gasteiger partial charge in [-0.3, -0.25) is 0 Å². The van der Waals surface area contributed by atoms with E-state index < -0.39 is 0 Å². The Balaban J connectivity index is 0.000000153. The highest BCUT2D eigenvalue weighted by Gasteiger charge is 2.55. The number of hydrogen-bond acceptors (Lipinski definition) is 0. The summed E-state index contributed by atoms with van der Waals surface area (Å²) in [4.78, 5) is 0. The first-order valence-corrected chi connectivity index (χ1v) is 10.7. The molecule has 0 aliphatic heterocycles. The molecule has 0 heterocycles. The van der Waals surface area contributed by atoms with Gasteiger partial charge in [-0.1, -0.05) is 69.7 Å².